The molecule has 1 N–H and O–H groups in total. The minimum absolute atomic E-state index is 0.219. The summed E-state index contributed by atoms with van der Waals surface area (Å²) in [6.45, 7) is 2.19. The lowest BCUT2D eigenvalue weighted by molar-refractivity contribution is 0.0692. The van der Waals surface area contributed by atoms with Gasteiger partial charge in [0, 0.05) is 5.56 Å². The molecule has 0 aliphatic heterocycles. The van der Waals surface area contributed by atoms with Crippen molar-refractivity contribution in [1.29, 1.82) is 0 Å². The van der Waals surface area contributed by atoms with E-state index in [4.69, 9.17) is 0 Å². The van der Waals surface area contributed by atoms with Gasteiger partial charge in [-0.3, -0.25) is 0 Å². The Morgan fingerprint density at radius 2 is 1.43 bits per heavy atom. The molecule has 0 spiro atoms. The predicted octanol–water partition coefficient (Wildman–Crippen LogP) is 7.51. The first-order chi connectivity index (χ1) is 14.5. The smallest absolute Gasteiger partial charge is 0.338 e. The van der Waals surface area contributed by atoms with Crippen LogP contribution in [-0.2, 0) is 6.42 Å². The van der Waals surface area contributed by atoms with Gasteiger partial charge in [-0.25, -0.2) is 13.6 Å². The summed E-state index contributed by atoms with van der Waals surface area (Å²) in [7, 11) is 0. The summed E-state index contributed by atoms with van der Waals surface area (Å²) in [5.74, 6) is -2.48. The summed E-state index contributed by atoms with van der Waals surface area (Å²) < 4.78 is 28.5. The fraction of sp³-hybridized carbons (Fsp3) is 0.269. The Morgan fingerprint density at radius 1 is 0.800 bits per heavy atom. The van der Waals surface area contributed by atoms with Gasteiger partial charge in [-0.2, -0.15) is 0 Å². The molecule has 2 nitrogen and oxygen atoms in total. The summed E-state index contributed by atoms with van der Waals surface area (Å²) in [5, 5.41) is 9.35. The zero-order valence-electron chi connectivity index (χ0n) is 17.1. The molecule has 0 aliphatic rings. The maximum absolute atomic E-state index is 15.2. The molecule has 0 aromatic heterocycles. The van der Waals surface area contributed by atoms with E-state index in [0.717, 1.165) is 12.8 Å². The van der Waals surface area contributed by atoms with Gasteiger partial charge in [-0.05, 0) is 53.3 Å². The Balaban J connectivity index is 1.94. The van der Waals surface area contributed by atoms with Gasteiger partial charge >= 0.3 is 5.97 Å². The Morgan fingerprint density at radius 3 is 2.07 bits per heavy atom. The summed E-state index contributed by atoms with van der Waals surface area (Å²) in [6.07, 6.45) is 6.98. The molecular weight excluding hydrogens is 382 g/mol. The number of aryl methyl sites for hydroxylation is 1. The van der Waals surface area contributed by atoms with Gasteiger partial charge in [0.05, 0.1) is 5.56 Å². The lowest BCUT2D eigenvalue weighted by Gasteiger charge is -2.14. The van der Waals surface area contributed by atoms with E-state index < -0.39 is 11.8 Å². The number of carbonyl (C=O) groups is 1. The molecule has 0 heterocycles. The van der Waals surface area contributed by atoms with Crippen molar-refractivity contribution in [2.75, 3.05) is 0 Å². The van der Waals surface area contributed by atoms with Gasteiger partial charge in [0.15, 0.2) is 0 Å². The van der Waals surface area contributed by atoms with E-state index in [1.165, 1.54) is 49.4 Å². The van der Waals surface area contributed by atoms with Crippen molar-refractivity contribution in [3.05, 3.63) is 83.4 Å². The molecule has 30 heavy (non-hydrogen) atoms. The summed E-state index contributed by atoms with van der Waals surface area (Å²) in [6, 6.07) is 16.2. The third-order valence-corrected chi connectivity index (χ3v) is 5.34. The molecule has 0 radical (unpaired) electrons. The molecule has 156 valence electrons. The highest BCUT2D eigenvalue weighted by Crippen LogP contribution is 2.36. The third kappa shape index (κ3) is 5.12. The van der Waals surface area contributed by atoms with Gasteiger partial charge < -0.3 is 5.11 Å². The average molecular weight is 408 g/mol. The van der Waals surface area contributed by atoms with Crippen LogP contribution in [0.4, 0.5) is 8.78 Å². The van der Waals surface area contributed by atoms with Crippen molar-refractivity contribution < 1.29 is 18.7 Å². The molecule has 0 unspecified atom stereocenters. The van der Waals surface area contributed by atoms with Crippen molar-refractivity contribution >= 4 is 5.97 Å². The summed E-state index contributed by atoms with van der Waals surface area (Å²) >= 11 is 0. The molecule has 0 aliphatic carbocycles. The largest absolute Gasteiger partial charge is 0.478 e. The Bertz CT molecular complexity index is 993. The van der Waals surface area contributed by atoms with Crippen molar-refractivity contribution in [3.63, 3.8) is 0 Å². The molecule has 0 bridgehead atoms. The number of rotatable bonds is 9. The van der Waals surface area contributed by atoms with Crippen LogP contribution in [0.5, 0.6) is 0 Å². The predicted molar refractivity (Wildman–Crippen MR) is 117 cm³/mol. The van der Waals surface area contributed by atoms with E-state index >= 15 is 4.39 Å². The van der Waals surface area contributed by atoms with Gasteiger partial charge in [0.1, 0.15) is 11.6 Å². The molecule has 0 fully saturated rings. The van der Waals surface area contributed by atoms with Crippen LogP contribution in [0.15, 0.2) is 60.7 Å². The van der Waals surface area contributed by atoms with E-state index in [0.29, 0.717) is 16.7 Å². The van der Waals surface area contributed by atoms with E-state index in [-0.39, 0.29) is 16.9 Å². The van der Waals surface area contributed by atoms with Crippen LogP contribution in [0.2, 0.25) is 0 Å². The number of hydrogen-bond acceptors (Lipinski definition) is 1. The first kappa shape index (κ1) is 21.7. The first-order valence-electron chi connectivity index (χ1n) is 10.4. The molecular formula is C26H26F2O2. The Kier molecular flexibility index (Phi) is 7.34. The average Bonchev–Trinajstić information content (AvgIpc) is 2.74. The zero-order valence-corrected chi connectivity index (χ0v) is 17.1. The topological polar surface area (TPSA) is 37.3 Å². The van der Waals surface area contributed by atoms with E-state index in [9.17, 15) is 14.3 Å². The van der Waals surface area contributed by atoms with Crippen molar-refractivity contribution in [3.8, 4) is 22.3 Å². The van der Waals surface area contributed by atoms with Crippen molar-refractivity contribution in [2.24, 2.45) is 0 Å². The van der Waals surface area contributed by atoms with Gasteiger partial charge in [-0.15, -0.1) is 0 Å². The van der Waals surface area contributed by atoms with Crippen LogP contribution in [0.25, 0.3) is 22.3 Å². The number of carboxylic acid groups (broad SMARTS) is 1. The number of hydrogen-bond donors (Lipinski definition) is 1. The molecule has 0 saturated carbocycles. The fourth-order valence-electron chi connectivity index (χ4n) is 3.66. The van der Waals surface area contributed by atoms with E-state index in [1.54, 1.807) is 18.2 Å². The van der Waals surface area contributed by atoms with Gasteiger partial charge in [0.2, 0.25) is 0 Å². The minimum Gasteiger partial charge on any atom is -0.478 e. The first-order valence-corrected chi connectivity index (χ1v) is 10.4. The molecule has 3 aromatic rings. The second-order valence-corrected chi connectivity index (χ2v) is 7.52. The van der Waals surface area contributed by atoms with Crippen LogP contribution in [-0.4, -0.2) is 11.1 Å². The molecule has 4 heteroatoms. The maximum Gasteiger partial charge on any atom is 0.338 e. The molecule has 3 aromatic carbocycles. The number of halogens is 2. The summed E-state index contributed by atoms with van der Waals surface area (Å²) in [4.78, 5) is 11.5. The summed E-state index contributed by atoms with van der Waals surface area (Å²) in [5.41, 5.74) is 2.77. The number of benzene rings is 3. The van der Waals surface area contributed by atoms with Gasteiger partial charge in [-0.1, -0.05) is 75.1 Å². The number of carboxylic acids is 1. The van der Waals surface area contributed by atoms with E-state index in [2.05, 4.69) is 6.92 Å². The van der Waals surface area contributed by atoms with Crippen LogP contribution in [0.1, 0.15) is 54.9 Å². The lowest BCUT2D eigenvalue weighted by Crippen LogP contribution is -2.03. The SMILES string of the molecule is CCCCCCCc1ccc(-c2c(-c3ccc(F)cc3)ccc(C(=O)O)c2F)cc1. The number of aromatic carboxylic acids is 1. The van der Waals surface area contributed by atoms with Crippen LogP contribution in [0, 0.1) is 11.6 Å². The maximum atomic E-state index is 15.2. The minimum atomic E-state index is -1.32. The highest BCUT2D eigenvalue weighted by molar-refractivity contribution is 5.94. The highest BCUT2D eigenvalue weighted by atomic mass is 19.1. The van der Waals surface area contributed by atoms with E-state index in [1.807, 2.05) is 24.3 Å². The number of unbranched alkanes of at least 4 members (excludes halogenated alkanes) is 4. The van der Waals surface area contributed by atoms with Gasteiger partial charge in [0.25, 0.3) is 0 Å². The van der Waals surface area contributed by atoms with Crippen molar-refractivity contribution in [1.82, 2.24) is 0 Å². The quantitative estimate of drug-likeness (QED) is 0.372. The van der Waals surface area contributed by atoms with Crippen LogP contribution >= 0.6 is 0 Å². The molecule has 0 saturated heterocycles. The zero-order chi connectivity index (χ0) is 21.5. The highest BCUT2D eigenvalue weighted by Gasteiger charge is 2.20. The van der Waals surface area contributed by atoms with Crippen molar-refractivity contribution in [2.45, 2.75) is 45.4 Å². The molecule has 0 atom stereocenters. The Hall–Kier alpha value is -3.01. The lowest BCUT2D eigenvalue weighted by atomic mass is 9.91. The Labute approximate surface area is 176 Å². The fourth-order valence-corrected chi connectivity index (χ4v) is 3.66. The molecule has 3 rings (SSSR count). The monoisotopic (exact) mass is 408 g/mol. The van der Waals surface area contributed by atoms with Crippen LogP contribution < -0.4 is 0 Å². The molecule has 0 amide bonds. The standard InChI is InChI=1S/C26H26F2O2/c1-2-3-4-5-6-7-18-8-10-20(11-9-18)24-22(19-12-14-21(27)15-13-19)16-17-23(25(24)28)26(29)30/h8-17H,2-7H2,1H3,(H,29,30). The normalized spacial score (nSPS) is 10.9. The second kappa shape index (κ2) is 10.1. The van der Waals surface area contributed by atoms with Crippen LogP contribution in [0.3, 0.4) is 0 Å². The second-order valence-electron chi connectivity index (χ2n) is 7.52. The third-order valence-electron chi connectivity index (χ3n) is 5.34.